The van der Waals surface area contributed by atoms with Crippen molar-refractivity contribution in [3.8, 4) is 0 Å². The molecule has 1 aromatic carbocycles. The summed E-state index contributed by atoms with van der Waals surface area (Å²) in [5, 5.41) is 7.99. The molecule has 0 bridgehead atoms. The molecule has 0 spiro atoms. The Labute approximate surface area is 114 Å². The summed E-state index contributed by atoms with van der Waals surface area (Å²) in [5.74, 6) is 0. The molecule has 1 unspecified atom stereocenters. The predicted molar refractivity (Wildman–Crippen MR) is 78.2 cm³/mol. The first-order valence-electron chi connectivity index (χ1n) is 6.99. The first-order chi connectivity index (χ1) is 9.16. The minimum Gasteiger partial charge on any atom is -0.380 e. The van der Waals surface area contributed by atoms with Crippen LogP contribution < -0.4 is 5.32 Å². The van der Waals surface area contributed by atoms with Crippen LogP contribution >= 0.6 is 0 Å². The highest BCUT2D eigenvalue weighted by Crippen LogP contribution is 2.48. The maximum Gasteiger partial charge on any atom is 0.0728 e. The van der Waals surface area contributed by atoms with E-state index in [0.717, 1.165) is 12.2 Å². The van der Waals surface area contributed by atoms with Gasteiger partial charge in [0.25, 0.3) is 0 Å². The molecule has 1 N–H and O–H groups in total. The van der Waals surface area contributed by atoms with Crippen LogP contribution in [-0.2, 0) is 6.54 Å². The summed E-state index contributed by atoms with van der Waals surface area (Å²) in [5.41, 5.74) is 2.89. The summed E-state index contributed by atoms with van der Waals surface area (Å²) in [6.45, 7) is 5.44. The highest BCUT2D eigenvalue weighted by Gasteiger charge is 2.42. The van der Waals surface area contributed by atoms with Gasteiger partial charge in [-0.25, -0.2) is 0 Å². The lowest BCUT2D eigenvalue weighted by Crippen LogP contribution is -2.24. The monoisotopic (exact) mass is 255 g/mol. The number of hydrogen-bond donors (Lipinski definition) is 1. The zero-order chi connectivity index (χ0) is 13.3. The first-order valence-corrected chi connectivity index (χ1v) is 6.99. The van der Waals surface area contributed by atoms with Crippen molar-refractivity contribution in [1.82, 2.24) is 9.78 Å². The molecule has 0 saturated heterocycles. The Morgan fingerprint density at radius 3 is 2.74 bits per heavy atom. The van der Waals surface area contributed by atoms with Crippen LogP contribution in [0.5, 0.6) is 0 Å². The molecule has 2 aromatic rings. The van der Waals surface area contributed by atoms with E-state index in [-0.39, 0.29) is 0 Å². The van der Waals surface area contributed by atoms with Crippen LogP contribution in [0.4, 0.5) is 5.69 Å². The normalized spacial score (nSPS) is 18.0. The molecule has 0 aliphatic heterocycles. The van der Waals surface area contributed by atoms with Crippen molar-refractivity contribution < 1.29 is 0 Å². The Balaban J connectivity index is 1.63. The third kappa shape index (κ3) is 2.80. The van der Waals surface area contributed by atoms with Gasteiger partial charge in [-0.05, 0) is 30.7 Å². The first kappa shape index (κ1) is 12.3. The number of benzene rings is 1. The standard InChI is InChI=1S/C16H21N3/c1-13(16(2)8-9-16)18-15-10-17-19(12-15)11-14-6-4-3-5-7-14/h3-7,10,12-13,18H,8-9,11H2,1-2H3. The van der Waals surface area contributed by atoms with Gasteiger partial charge in [0.2, 0.25) is 0 Å². The summed E-state index contributed by atoms with van der Waals surface area (Å²) in [6.07, 6.45) is 6.68. The van der Waals surface area contributed by atoms with Crippen LogP contribution in [0.3, 0.4) is 0 Å². The van der Waals surface area contributed by atoms with Gasteiger partial charge < -0.3 is 5.32 Å². The Morgan fingerprint density at radius 1 is 1.32 bits per heavy atom. The van der Waals surface area contributed by atoms with E-state index in [1.807, 2.05) is 16.9 Å². The smallest absolute Gasteiger partial charge is 0.0728 e. The van der Waals surface area contributed by atoms with Gasteiger partial charge in [-0.1, -0.05) is 37.3 Å². The fourth-order valence-corrected chi connectivity index (χ4v) is 2.35. The molecule has 3 nitrogen and oxygen atoms in total. The molecular weight excluding hydrogens is 234 g/mol. The number of anilines is 1. The second-order valence-electron chi connectivity index (χ2n) is 5.93. The molecule has 1 atom stereocenters. The van der Waals surface area contributed by atoms with E-state index in [9.17, 15) is 0 Å². The fourth-order valence-electron chi connectivity index (χ4n) is 2.35. The molecule has 3 heteroatoms. The van der Waals surface area contributed by atoms with Crippen molar-refractivity contribution in [2.24, 2.45) is 5.41 Å². The number of nitrogens with zero attached hydrogens (tertiary/aromatic N) is 2. The number of hydrogen-bond acceptors (Lipinski definition) is 2. The van der Waals surface area contributed by atoms with Crippen molar-refractivity contribution >= 4 is 5.69 Å². The molecule has 3 rings (SSSR count). The van der Waals surface area contributed by atoms with Gasteiger partial charge in [0.05, 0.1) is 18.4 Å². The predicted octanol–water partition coefficient (Wildman–Crippen LogP) is 3.53. The van der Waals surface area contributed by atoms with E-state index < -0.39 is 0 Å². The maximum absolute atomic E-state index is 4.42. The zero-order valence-corrected chi connectivity index (χ0v) is 11.6. The van der Waals surface area contributed by atoms with E-state index in [1.165, 1.54) is 18.4 Å². The lowest BCUT2D eigenvalue weighted by Gasteiger charge is -2.20. The quantitative estimate of drug-likeness (QED) is 0.885. The van der Waals surface area contributed by atoms with Crippen LogP contribution in [0.1, 0.15) is 32.3 Å². The summed E-state index contributed by atoms with van der Waals surface area (Å²) < 4.78 is 1.99. The average Bonchev–Trinajstić information content (AvgIpc) is 3.02. The molecule has 1 aromatic heterocycles. The molecule has 1 aliphatic rings. The highest BCUT2D eigenvalue weighted by atomic mass is 15.3. The van der Waals surface area contributed by atoms with Crippen LogP contribution in [0, 0.1) is 5.41 Å². The highest BCUT2D eigenvalue weighted by molar-refractivity contribution is 5.40. The van der Waals surface area contributed by atoms with E-state index in [1.54, 1.807) is 0 Å². The molecule has 0 amide bonds. The van der Waals surface area contributed by atoms with Gasteiger partial charge in [0.1, 0.15) is 0 Å². The number of nitrogens with one attached hydrogen (secondary N) is 1. The van der Waals surface area contributed by atoms with Crippen LogP contribution in [0.15, 0.2) is 42.7 Å². The second kappa shape index (κ2) is 4.72. The molecule has 1 fully saturated rings. The van der Waals surface area contributed by atoms with Crippen molar-refractivity contribution in [3.63, 3.8) is 0 Å². The molecule has 0 radical (unpaired) electrons. The van der Waals surface area contributed by atoms with Crippen LogP contribution in [-0.4, -0.2) is 15.8 Å². The van der Waals surface area contributed by atoms with Crippen molar-refractivity contribution in [2.75, 3.05) is 5.32 Å². The minimum absolute atomic E-state index is 0.488. The molecule has 19 heavy (non-hydrogen) atoms. The van der Waals surface area contributed by atoms with Gasteiger partial charge in [-0.15, -0.1) is 0 Å². The van der Waals surface area contributed by atoms with Gasteiger partial charge in [-0.2, -0.15) is 5.10 Å². The summed E-state index contributed by atoms with van der Waals surface area (Å²) in [7, 11) is 0. The Morgan fingerprint density at radius 2 is 2.05 bits per heavy atom. The molecule has 1 saturated carbocycles. The summed E-state index contributed by atoms with van der Waals surface area (Å²) in [6, 6.07) is 10.9. The SMILES string of the molecule is CC(Nc1cnn(Cc2ccccc2)c1)C1(C)CC1. The Bertz CT molecular complexity index is 540. The van der Waals surface area contributed by atoms with E-state index in [0.29, 0.717) is 11.5 Å². The largest absolute Gasteiger partial charge is 0.380 e. The van der Waals surface area contributed by atoms with E-state index in [4.69, 9.17) is 0 Å². The summed E-state index contributed by atoms with van der Waals surface area (Å²) >= 11 is 0. The maximum atomic E-state index is 4.42. The van der Waals surface area contributed by atoms with Crippen molar-refractivity contribution in [2.45, 2.75) is 39.3 Å². The summed E-state index contributed by atoms with van der Waals surface area (Å²) in [4.78, 5) is 0. The Kier molecular flexibility index (Phi) is 3.05. The van der Waals surface area contributed by atoms with Gasteiger partial charge in [-0.3, -0.25) is 4.68 Å². The lowest BCUT2D eigenvalue weighted by molar-refractivity contribution is 0.493. The van der Waals surface area contributed by atoms with E-state index in [2.05, 4.69) is 54.7 Å². The van der Waals surface area contributed by atoms with Crippen LogP contribution in [0.25, 0.3) is 0 Å². The second-order valence-corrected chi connectivity index (χ2v) is 5.93. The number of aromatic nitrogens is 2. The fraction of sp³-hybridized carbons (Fsp3) is 0.438. The van der Waals surface area contributed by atoms with Gasteiger partial charge in [0.15, 0.2) is 0 Å². The van der Waals surface area contributed by atoms with Gasteiger partial charge >= 0.3 is 0 Å². The Hall–Kier alpha value is -1.77. The molecular formula is C16H21N3. The molecule has 1 aliphatic carbocycles. The lowest BCUT2D eigenvalue weighted by atomic mass is 10.0. The topological polar surface area (TPSA) is 29.9 Å². The number of rotatable bonds is 5. The average molecular weight is 255 g/mol. The third-order valence-electron chi connectivity index (χ3n) is 4.29. The van der Waals surface area contributed by atoms with Crippen molar-refractivity contribution in [3.05, 3.63) is 48.3 Å². The zero-order valence-electron chi connectivity index (χ0n) is 11.6. The minimum atomic E-state index is 0.488. The third-order valence-corrected chi connectivity index (χ3v) is 4.29. The van der Waals surface area contributed by atoms with Crippen molar-refractivity contribution in [1.29, 1.82) is 0 Å². The van der Waals surface area contributed by atoms with Crippen LogP contribution in [0.2, 0.25) is 0 Å². The molecule has 1 heterocycles. The molecule has 100 valence electrons. The van der Waals surface area contributed by atoms with Gasteiger partial charge in [0, 0.05) is 12.2 Å². The van der Waals surface area contributed by atoms with E-state index >= 15 is 0 Å².